The number of H-pyrrole nitrogens is 1. The minimum absolute atomic E-state index is 0.204. The fraction of sp³-hybridized carbons (Fsp3) is 0.526. The van der Waals surface area contributed by atoms with E-state index in [9.17, 15) is 4.79 Å². The molecule has 0 saturated carbocycles. The fourth-order valence-electron chi connectivity index (χ4n) is 3.82. The van der Waals surface area contributed by atoms with Crippen molar-refractivity contribution in [3.05, 3.63) is 41.7 Å². The zero-order chi connectivity index (χ0) is 17.8. The molecule has 1 amide bonds. The third-order valence-corrected chi connectivity index (χ3v) is 5.40. The van der Waals surface area contributed by atoms with Gasteiger partial charge in [-0.25, -0.2) is 5.10 Å². The number of nitrogens with one attached hydrogen (secondary N) is 2. The summed E-state index contributed by atoms with van der Waals surface area (Å²) in [6.45, 7) is 5.30. The first kappa shape index (κ1) is 17.0. The lowest BCUT2D eigenvalue weighted by molar-refractivity contribution is -0.130. The third-order valence-electron chi connectivity index (χ3n) is 5.40. The number of rotatable bonds is 5. The van der Waals surface area contributed by atoms with Gasteiger partial charge in [-0.2, -0.15) is 10.1 Å². The van der Waals surface area contributed by atoms with E-state index in [1.165, 1.54) is 18.3 Å². The van der Waals surface area contributed by atoms with Crippen LogP contribution in [0.4, 0.5) is 5.95 Å². The Labute approximate surface area is 153 Å². The Hall–Kier alpha value is -2.41. The van der Waals surface area contributed by atoms with E-state index in [2.05, 4.69) is 49.7 Å². The standard InChI is InChI=1S/C19H26N6O/c26-18(24-7-9-25(10-8-24)19-21-14-22-23-19)12-16-3-1-15(2-4-16)11-17-5-6-20-13-17/h1-4,14,17,20H,5-13H2,(H,21,22,23). The molecule has 2 aromatic rings. The summed E-state index contributed by atoms with van der Waals surface area (Å²) in [5.74, 6) is 1.74. The van der Waals surface area contributed by atoms with E-state index in [1.807, 2.05) is 4.90 Å². The molecule has 2 fully saturated rings. The maximum Gasteiger partial charge on any atom is 0.227 e. The molecular weight excluding hydrogens is 328 g/mol. The van der Waals surface area contributed by atoms with E-state index < -0.39 is 0 Å². The van der Waals surface area contributed by atoms with Crippen molar-refractivity contribution in [1.29, 1.82) is 0 Å². The molecule has 2 saturated heterocycles. The van der Waals surface area contributed by atoms with Crippen LogP contribution >= 0.6 is 0 Å². The maximum atomic E-state index is 12.6. The van der Waals surface area contributed by atoms with Gasteiger partial charge in [0.15, 0.2) is 0 Å². The first-order valence-corrected chi connectivity index (χ1v) is 9.44. The average Bonchev–Trinajstić information content (AvgIpc) is 3.37. The predicted molar refractivity (Wildman–Crippen MR) is 100 cm³/mol. The Morgan fingerprint density at radius 3 is 2.54 bits per heavy atom. The van der Waals surface area contributed by atoms with E-state index in [-0.39, 0.29) is 5.91 Å². The summed E-state index contributed by atoms with van der Waals surface area (Å²) in [6.07, 6.45) is 4.39. The highest BCUT2D eigenvalue weighted by Crippen LogP contribution is 2.16. The van der Waals surface area contributed by atoms with E-state index in [0.29, 0.717) is 6.42 Å². The average molecular weight is 354 g/mol. The number of anilines is 1. The lowest BCUT2D eigenvalue weighted by Crippen LogP contribution is -2.49. The summed E-state index contributed by atoms with van der Waals surface area (Å²) in [5, 5.41) is 10.2. The molecule has 1 atom stereocenters. The highest BCUT2D eigenvalue weighted by molar-refractivity contribution is 5.79. The highest BCUT2D eigenvalue weighted by atomic mass is 16.2. The largest absolute Gasteiger partial charge is 0.339 e. The summed E-state index contributed by atoms with van der Waals surface area (Å²) >= 11 is 0. The van der Waals surface area contributed by atoms with Crippen molar-refractivity contribution in [2.45, 2.75) is 19.3 Å². The van der Waals surface area contributed by atoms with Crippen LogP contribution in [0.1, 0.15) is 17.5 Å². The molecule has 0 bridgehead atoms. The minimum Gasteiger partial charge on any atom is -0.339 e. The summed E-state index contributed by atoms with van der Waals surface area (Å²) in [7, 11) is 0. The van der Waals surface area contributed by atoms with Crippen molar-refractivity contribution in [3.8, 4) is 0 Å². The molecule has 7 heteroatoms. The van der Waals surface area contributed by atoms with Gasteiger partial charge in [-0.15, -0.1) is 0 Å². The molecule has 138 valence electrons. The van der Waals surface area contributed by atoms with E-state index in [4.69, 9.17) is 0 Å². The van der Waals surface area contributed by atoms with Gasteiger partial charge in [0.2, 0.25) is 11.9 Å². The van der Waals surface area contributed by atoms with Crippen molar-refractivity contribution in [2.24, 2.45) is 5.92 Å². The molecule has 1 aromatic heterocycles. The monoisotopic (exact) mass is 354 g/mol. The lowest BCUT2D eigenvalue weighted by atomic mass is 9.97. The predicted octanol–water partition coefficient (Wildman–Crippen LogP) is 0.848. The van der Waals surface area contributed by atoms with Crippen molar-refractivity contribution < 1.29 is 4.79 Å². The number of aromatic nitrogens is 3. The second kappa shape index (κ2) is 7.86. The summed E-state index contributed by atoms with van der Waals surface area (Å²) < 4.78 is 0. The molecule has 0 spiro atoms. The molecule has 2 N–H and O–H groups in total. The Bertz CT molecular complexity index is 700. The van der Waals surface area contributed by atoms with Crippen molar-refractivity contribution in [3.63, 3.8) is 0 Å². The number of aromatic amines is 1. The highest BCUT2D eigenvalue weighted by Gasteiger charge is 2.22. The van der Waals surface area contributed by atoms with Crippen LogP contribution in [0.15, 0.2) is 30.6 Å². The molecule has 4 rings (SSSR count). The van der Waals surface area contributed by atoms with E-state index >= 15 is 0 Å². The zero-order valence-electron chi connectivity index (χ0n) is 15.0. The number of hydrogen-bond donors (Lipinski definition) is 2. The van der Waals surface area contributed by atoms with E-state index in [1.54, 1.807) is 0 Å². The van der Waals surface area contributed by atoms with Gasteiger partial charge in [0.1, 0.15) is 6.33 Å². The lowest BCUT2D eigenvalue weighted by Gasteiger charge is -2.34. The van der Waals surface area contributed by atoms with Gasteiger partial charge in [-0.05, 0) is 43.0 Å². The summed E-state index contributed by atoms with van der Waals surface area (Å²) in [6, 6.07) is 8.59. The van der Waals surface area contributed by atoms with Crippen LogP contribution in [0.5, 0.6) is 0 Å². The Balaban J connectivity index is 1.26. The maximum absolute atomic E-state index is 12.6. The second-order valence-corrected chi connectivity index (χ2v) is 7.23. The van der Waals surface area contributed by atoms with E-state index in [0.717, 1.165) is 63.1 Å². The topological polar surface area (TPSA) is 77.2 Å². The van der Waals surface area contributed by atoms with Crippen molar-refractivity contribution in [1.82, 2.24) is 25.4 Å². The smallest absolute Gasteiger partial charge is 0.227 e. The van der Waals surface area contributed by atoms with Crippen LogP contribution in [0, 0.1) is 5.92 Å². The van der Waals surface area contributed by atoms with Gasteiger partial charge in [-0.3, -0.25) is 4.79 Å². The van der Waals surface area contributed by atoms with Crippen molar-refractivity contribution >= 4 is 11.9 Å². The van der Waals surface area contributed by atoms with Crippen molar-refractivity contribution in [2.75, 3.05) is 44.2 Å². The molecule has 0 radical (unpaired) electrons. The minimum atomic E-state index is 0.204. The summed E-state index contributed by atoms with van der Waals surface area (Å²) in [4.78, 5) is 20.8. The Morgan fingerprint density at radius 2 is 1.88 bits per heavy atom. The third kappa shape index (κ3) is 4.04. The van der Waals surface area contributed by atoms with Gasteiger partial charge >= 0.3 is 0 Å². The number of amides is 1. The number of benzene rings is 1. The molecule has 26 heavy (non-hydrogen) atoms. The normalized spacial score (nSPS) is 20.5. The molecule has 3 heterocycles. The van der Waals surface area contributed by atoms with Crippen LogP contribution in [-0.2, 0) is 17.6 Å². The molecule has 7 nitrogen and oxygen atoms in total. The van der Waals surface area contributed by atoms with Gasteiger partial charge in [0.25, 0.3) is 0 Å². The number of carbonyl (C=O) groups excluding carboxylic acids is 1. The molecule has 2 aliphatic rings. The molecule has 2 aliphatic heterocycles. The number of carbonyl (C=O) groups is 1. The molecule has 0 aliphatic carbocycles. The molecule has 1 unspecified atom stereocenters. The quantitative estimate of drug-likeness (QED) is 0.832. The first-order valence-electron chi connectivity index (χ1n) is 9.44. The van der Waals surface area contributed by atoms with Gasteiger partial charge < -0.3 is 15.1 Å². The Kier molecular flexibility index (Phi) is 5.15. The van der Waals surface area contributed by atoms with Crippen LogP contribution in [0.2, 0.25) is 0 Å². The number of nitrogens with zero attached hydrogens (tertiary/aromatic N) is 4. The second-order valence-electron chi connectivity index (χ2n) is 7.23. The Morgan fingerprint density at radius 1 is 1.12 bits per heavy atom. The van der Waals surface area contributed by atoms with Gasteiger partial charge in [-0.1, -0.05) is 24.3 Å². The first-order chi connectivity index (χ1) is 12.8. The van der Waals surface area contributed by atoms with Crippen LogP contribution in [0.25, 0.3) is 0 Å². The number of hydrogen-bond acceptors (Lipinski definition) is 5. The zero-order valence-corrected chi connectivity index (χ0v) is 15.0. The van der Waals surface area contributed by atoms with Gasteiger partial charge in [0.05, 0.1) is 6.42 Å². The van der Waals surface area contributed by atoms with Crippen LogP contribution in [-0.4, -0.2) is 65.3 Å². The van der Waals surface area contributed by atoms with Gasteiger partial charge in [0, 0.05) is 26.2 Å². The fourth-order valence-corrected chi connectivity index (χ4v) is 3.82. The number of piperazine rings is 1. The van der Waals surface area contributed by atoms with Crippen LogP contribution < -0.4 is 10.2 Å². The molecular formula is C19H26N6O. The molecule has 1 aromatic carbocycles. The summed E-state index contributed by atoms with van der Waals surface area (Å²) in [5.41, 5.74) is 2.47. The SMILES string of the molecule is O=C(Cc1ccc(CC2CCNC2)cc1)N1CCN(c2ncn[nH]2)CC1. The van der Waals surface area contributed by atoms with Crippen LogP contribution in [0.3, 0.4) is 0 Å².